The van der Waals surface area contributed by atoms with Crippen molar-refractivity contribution in [2.45, 2.75) is 19.3 Å². The number of hydrogen-bond acceptors (Lipinski definition) is 3. The lowest BCUT2D eigenvalue weighted by Crippen LogP contribution is -2.26. The lowest BCUT2D eigenvalue weighted by Gasteiger charge is -2.18. The highest BCUT2D eigenvalue weighted by Crippen LogP contribution is 2.20. The third-order valence-electron chi connectivity index (χ3n) is 3.70. The van der Waals surface area contributed by atoms with E-state index < -0.39 is 0 Å². The van der Waals surface area contributed by atoms with E-state index in [0.717, 1.165) is 31.8 Å². The Labute approximate surface area is 127 Å². The SMILES string of the molecule is COCCNCC(Cc1cc(C)nn1C)c1ccccc1. The first-order valence-electron chi connectivity index (χ1n) is 7.45. The van der Waals surface area contributed by atoms with Gasteiger partial charge in [0.1, 0.15) is 0 Å². The van der Waals surface area contributed by atoms with E-state index in [1.54, 1.807) is 7.11 Å². The van der Waals surface area contributed by atoms with Gasteiger partial charge in [0.15, 0.2) is 0 Å². The Morgan fingerprint density at radius 2 is 2.05 bits per heavy atom. The van der Waals surface area contributed by atoms with E-state index in [1.807, 2.05) is 18.7 Å². The standard InChI is InChI=1S/C17H25N3O/c1-14-11-17(20(2)19-14)12-16(13-18-9-10-21-3)15-7-5-4-6-8-15/h4-8,11,16,18H,9-10,12-13H2,1-3H3. The number of nitrogens with zero attached hydrogens (tertiary/aromatic N) is 2. The Balaban J connectivity index is 2.06. The minimum Gasteiger partial charge on any atom is -0.383 e. The number of ether oxygens (including phenoxy) is 1. The largest absolute Gasteiger partial charge is 0.383 e. The van der Waals surface area contributed by atoms with E-state index in [0.29, 0.717) is 5.92 Å². The fraction of sp³-hybridized carbons (Fsp3) is 0.471. The molecular weight excluding hydrogens is 262 g/mol. The summed E-state index contributed by atoms with van der Waals surface area (Å²) in [5.74, 6) is 0.442. The Kier molecular flexibility index (Phi) is 5.96. The first-order valence-corrected chi connectivity index (χ1v) is 7.45. The Morgan fingerprint density at radius 3 is 2.67 bits per heavy atom. The summed E-state index contributed by atoms with van der Waals surface area (Å²) in [6.45, 7) is 4.60. The average Bonchev–Trinajstić information content (AvgIpc) is 2.81. The third kappa shape index (κ3) is 4.69. The molecule has 1 aromatic carbocycles. The van der Waals surface area contributed by atoms with E-state index in [4.69, 9.17) is 4.74 Å². The fourth-order valence-corrected chi connectivity index (χ4v) is 2.59. The molecule has 0 fully saturated rings. The highest BCUT2D eigenvalue weighted by Gasteiger charge is 2.14. The van der Waals surface area contributed by atoms with Crippen LogP contribution in [0, 0.1) is 6.92 Å². The van der Waals surface area contributed by atoms with Crippen LogP contribution >= 0.6 is 0 Å². The van der Waals surface area contributed by atoms with E-state index in [-0.39, 0.29) is 0 Å². The van der Waals surface area contributed by atoms with Gasteiger partial charge in [-0.25, -0.2) is 0 Å². The van der Waals surface area contributed by atoms with Gasteiger partial charge in [-0.3, -0.25) is 4.68 Å². The maximum Gasteiger partial charge on any atom is 0.0596 e. The number of aryl methyl sites for hydroxylation is 2. The molecule has 1 N–H and O–H groups in total. The molecule has 0 spiro atoms. The smallest absolute Gasteiger partial charge is 0.0596 e. The maximum atomic E-state index is 5.09. The summed E-state index contributed by atoms with van der Waals surface area (Å²) in [6, 6.07) is 12.8. The molecule has 4 heteroatoms. The van der Waals surface area contributed by atoms with Gasteiger partial charge >= 0.3 is 0 Å². The number of benzene rings is 1. The fourth-order valence-electron chi connectivity index (χ4n) is 2.59. The minimum atomic E-state index is 0.442. The monoisotopic (exact) mass is 287 g/mol. The summed E-state index contributed by atoms with van der Waals surface area (Å²) in [5.41, 5.74) is 3.71. The zero-order valence-corrected chi connectivity index (χ0v) is 13.2. The lowest BCUT2D eigenvalue weighted by atomic mass is 9.94. The van der Waals surface area contributed by atoms with Gasteiger partial charge in [0.05, 0.1) is 12.3 Å². The molecule has 0 aliphatic heterocycles. The van der Waals surface area contributed by atoms with Gasteiger partial charge in [-0.1, -0.05) is 30.3 Å². The van der Waals surface area contributed by atoms with Gasteiger partial charge in [-0.05, 0) is 25.0 Å². The number of methoxy groups -OCH3 is 1. The molecule has 0 aliphatic rings. The van der Waals surface area contributed by atoms with E-state index in [2.05, 4.69) is 46.8 Å². The number of hydrogen-bond donors (Lipinski definition) is 1. The second-order valence-corrected chi connectivity index (χ2v) is 5.41. The molecule has 1 unspecified atom stereocenters. The van der Waals surface area contributed by atoms with Gasteiger partial charge in [-0.2, -0.15) is 5.10 Å². The van der Waals surface area contributed by atoms with Crippen LogP contribution in [0.25, 0.3) is 0 Å². The Morgan fingerprint density at radius 1 is 1.29 bits per heavy atom. The number of aromatic nitrogens is 2. The summed E-state index contributed by atoms with van der Waals surface area (Å²) < 4.78 is 7.08. The molecule has 2 rings (SSSR count). The van der Waals surface area contributed by atoms with Crippen LogP contribution in [0.4, 0.5) is 0 Å². The third-order valence-corrected chi connectivity index (χ3v) is 3.70. The number of nitrogens with one attached hydrogen (secondary N) is 1. The highest BCUT2D eigenvalue weighted by atomic mass is 16.5. The van der Waals surface area contributed by atoms with E-state index >= 15 is 0 Å². The van der Waals surface area contributed by atoms with Crippen molar-refractivity contribution >= 4 is 0 Å². The summed E-state index contributed by atoms with van der Waals surface area (Å²) in [6.07, 6.45) is 0.987. The van der Waals surface area contributed by atoms with Crippen molar-refractivity contribution in [1.29, 1.82) is 0 Å². The van der Waals surface area contributed by atoms with Crippen molar-refractivity contribution in [3.05, 3.63) is 53.3 Å². The molecule has 2 aromatic rings. The van der Waals surface area contributed by atoms with Crippen molar-refractivity contribution in [1.82, 2.24) is 15.1 Å². The molecule has 1 atom stereocenters. The predicted molar refractivity (Wildman–Crippen MR) is 85.6 cm³/mol. The van der Waals surface area contributed by atoms with Crippen LogP contribution in [0.1, 0.15) is 22.9 Å². The molecule has 114 valence electrons. The molecule has 21 heavy (non-hydrogen) atoms. The van der Waals surface area contributed by atoms with Crippen LogP contribution in [-0.4, -0.2) is 36.6 Å². The summed E-state index contributed by atoms with van der Waals surface area (Å²) in [4.78, 5) is 0. The van der Waals surface area contributed by atoms with Crippen LogP contribution in [0.2, 0.25) is 0 Å². The highest BCUT2D eigenvalue weighted by molar-refractivity contribution is 5.23. The van der Waals surface area contributed by atoms with Crippen LogP contribution in [0.3, 0.4) is 0 Å². The first-order chi connectivity index (χ1) is 10.2. The van der Waals surface area contributed by atoms with Crippen molar-refractivity contribution in [2.75, 3.05) is 26.8 Å². The molecule has 0 radical (unpaired) electrons. The first kappa shape index (κ1) is 15.7. The Hall–Kier alpha value is -1.65. The molecule has 0 amide bonds. The second-order valence-electron chi connectivity index (χ2n) is 5.41. The predicted octanol–water partition coefficient (Wildman–Crippen LogP) is 2.29. The number of rotatable bonds is 8. The van der Waals surface area contributed by atoms with Gasteiger partial charge in [0.2, 0.25) is 0 Å². The van der Waals surface area contributed by atoms with E-state index in [1.165, 1.54) is 11.3 Å². The molecule has 1 aromatic heterocycles. The van der Waals surface area contributed by atoms with Crippen LogP contribution in [-0.2, 0) is 18.2 Å². The van der Waals surface area contributed by atoms with Gasteiger partial charge < -0.3 is 10.1 Å². The summed E-state index contributed by atoms with van der Waals surface area (Å²) >= 11 is 0. The molecule has 4 nitrogen and oxygen atoms in total. The molecule has 0 saturated heterocycles. The molecule has 0 aliphatic carbocycles. The van der Waals surface area contributed by atoms with E-state index in [9.17, 15) is 0 Å². The molecule has 0 saturated carbocycles. The lowest BCUT2D eigenvalue weighted by molar-refractivity contribution is 0.199. The van der Waals surface area contributed by atoms with Crippen molar-refractivity contribution in [3.8, 4) is 0 Å². The maximum absolute atomic E-state index is 5.09. The van der Waals surface area contributed by atoms with Gasteiger partial charge in [-0.15, -0.1) is 0 Å². The van der Waals surface area contributed by atoms with Crippen LogP contribution in [0.15, 0.2) is 36.4 Å². The van der Waals surface area contributed by atoms with Crippen LogP contribution < -0.4 is 5.32 Å². The second kappa shape index (κ2) is 7.96. The van der Waals surface area contributed by atoms with Crippen molar-refractivity contribution < 1.29 is 4.74 Å². The molecular formula is C17H25N3O. The molecule has 0 bridgehead atoms. The summed E-state index contributed by atoms with van der Waals surface area (Å²) in [5, 5.41) is 7.92. The van der Waals surface area contributed by atoms with Crippen LogP contribution in [0.5, 0.6) is 0 Å². The zero-order chi connectivity index (χ0) is 15.1. The van der Waals surface area contributed by atoms with Crippen molar-refractivity contribution in [2.24, 2.45) is 7.05 Å². The molecule has 1 heterocycles. The van der Waals surface area contributed by atoms with Crippen molar-refractivity contribution in [3.63, 3.8) is 0 Å². The van der Waals surface area contributed by atoms with Gasteiger partial charge in [0.25, 0.3) is 0 Å². The Bertz CT molecular complexity index is 536. The minimum absolute atomic E-state index is 0.442. The quantitative estimate of drug-likeness (QED) is 0.757. The average molecular weight is 287 g/mol. The van der Waals surface area contributed by atoms with Gasteiger partial charge in [0, 0.05) is 38.9 Å². The zero-order valence-electron chi connectivity index (χ0n) is 13.2. The summed E-state index contributed by atoms with van der Waals surface area (Å²) in [7, 11) is 3.75. The normalized spacial score (nSPS) is 12.5. The topological polar surface area (TPSA) is 39.1 Å².